The number of pyridine rings is 1. The van der Waals surface area contributed by atoms with Crippen LogP contribution in [0.15, 0.2) is 57.9 Å². The second kappa shape index (κ2) is 10.4. The van der Waals surface area contributed by atoms with E-state index < -0.39 is 28.5 Å². The highest BCUT2D eigenvalue weighted by Crippen LogP contribution is 2.34. The van der Waals surface area contributed by atoms with Crippen LogP contribution in [-0.2, 0) is 27.9 Å². The molecule has 4 amide bonds. The minimum atomic E-state index is -1.48. The monoisotopic (exact) mass is 563 g/mol. The van der Waals surface area contributed by atoms with Crippen LogP contribution >= 0.6 is 0 Å². The number of hydrogen-bond acceptors (Lipinski definition) is 7. The molecule has 6 rings (SSSR count). The molecule has 3 aromatic rings. The Labute approximate surface area is 233 Å². The first-order chi connectivity index (χ1) is 19.0. The number of nitrogens with two attached hydrogens (primary N) is 1. The predicted octanol–water partition coefficient (Wildman–Crippen LogP) is 3.09. The number of allylic oxidation sites excluding steroid dienone is 4. The Hall–Kier alpha value is -4.29. The summed E-state index contributed by atoms with van der Waals surface area (Å²) < 4.78 is 22.3. The third kappa shape index (κ3) is 4.91. The van der Waals surface area contributed by atoms with Crippen LogP contribution in [0, 0.1) is 5.92 Å². The fraction of sp³-hybridized carbons (Fsp3) is 0.286. The third-order valence-electron chi connectivity index (χ3n) is 7.23. The Balaban J connectivity index is 0.000000207. The van der Waals surface area contributed by atoms with Gasteiger partial charge in [0.25, 0.3) is 11.8 Å². The lowest BCUT2D eigenvalue weighted by atomic mass is 9.93. The van der Waals surface area contributed by atoms with E-state index in [9.17, 15) is 18.6 Å². The van der Waals surface area contributed by atoms with Crippen molar-refractivity contribution in [2.75, 3.05) is 14.2 Å². The molecule has 11 nitrogen and oxygen atoms in total. The number of hydrogen-bond donors (Lipinski definition) is 3. The highest BCUT2D eigenvalue weighted by Gasteiger charge is 2.46. The molecule has 0 spiro atoms. The largest absolute Gasteiger partial charge is 0.497 e. The van der Waals surface area contributed by atoms with E-state index in [1.165, 1.54) is 0 Å². The molecule has 4 heterocycles. The highest BCUT2D eigenvalue weighted by molar-refractivity contribution is 7.86. The van der Waals surface area contributed by atoms with Crippen molar-refractivity contribution >= 4 is 45.5 Å². The molecule has 12 heteroatoms. The summed E-state index contributed by atoms with van der Waals surface area (Å²) in [7, 11) is 1.93. The van der Waals surface area contributed by atoms with E-state index in [1.54, 1.807) is 50.3 Å². The lowest BCUT2D eigenvalue weighted by molar-refractivity contribution is -0.124. The molecule has 3 unspecified atom stereocenters. The topological polar surface area (TPSA) is 157 Å². The molecule has 1 fully saturated rings. The molecule has 0 saturated carbocycles. The molecule has 2 aliphatic heterocycles. The van der Waals surface area contributed by atoms with Crippen molar-refractivity contribution in [1.29, 1.82) is 0 Å². The number of amides is 4. The summed E-state index contributed by atoms with van der Waals surface area (Å²) in [6, 6.07) is 10.3. The van der Waals surface area contributed by atoms with Gasteiger partial charge in [0.15, 0.2) is 11.1 Å². The number of nitrogens with zero attached hydrogens (tertiary/aromatic N) is 2. The minimum Gasteiger partial charge on any atom is -0.497 e. The van der Waals surface area contributed by atoms with Crippen LogP contribution < -0.4 is 20.5 Å². The quantitative estimate of drug-likeness (QED) is 0.412. The maximum Gasteiger partial charge on any atom is 0.322 e. The molecule has 40 heavy (non-hydrogen) atoms. The smallest absolute Gasteiger partial charge is 0.322 e. The maximum atomic E-state index is 12.1. The SMILES string of the molecule is CC1CC(c2ccc3oc(C4(C)NC(=O)NC4=O)cc3n2)=CC=C1S(N)=O.COc1ccc2c(c1)C(=O)N(C)C2. The van der Waals surface area contributed by atoms with Gasteiger partial charge in [0.1, 0.15) is 28.0 Å². The molecule has 4 N–H and O–H groups in total. The van der Waals surface area contributed by atoms with E-state index in [0.29, 0.717) is 34.7 Å². The van der Waals surface area contributed by atoms with Crippen molar-refractivity contribution in [3.05, 3.63) is 76.0 Å². The van der Waals surface area contributed by atoms with Gasteiger partial charge in [0.2, 0.25) is 0 Å². The van der Waals surface area contributed by atoms with Gasteiger partial charge in [-0.1, -0.05) is 19.1 Å². The van der Waals surface area contributed by atoms with E-state index in [2.05, 4.69) is 15.6 Å². The fourth-order valence-corrected chi connectivity index (χ4v) is 5.60. The van der Waals surface area contributed by atoms with E-state index in [1.807, 2.05) is 31.2 Å². The van der Waals surface area contributed by atoms with Crippen molar-refractivity contribution in [3.8, 4) is 5.75 Å². The lowest BCUT2D eigenvalue weighted by Crippen LogP contribution is -2.40. The minimum absolute atomic E-state index is 0.0598. The highest BCUT2D eigenvalue weighted by atomic mass is 32.2. The van der Waals surface area contributed by atoms with Crippen LogP contribution in [0.3, 0.4) is 0 Å². The van der Waals surface area contributed by atoms with Gasteiger partial charge < -0.3 is 19.4 Å². The van der Waals surface area contributed by atoms with Gasteiger partial charge in [-0.05, 0) is 60.7 Å². The van der Waals surface area contributed by atoms with E-state index in [0.717, 1.165) is 28.1 Å². The molecule has 1 aliphatic carbocycles. The zero-order valence-corrected chi connectivity index (χ0v) is 23.3. The van der Waals surface area contributed by atoms with Crippen molar-refractivity contribution in [1.82, 2.24) is 20.5 Å². The van der Waals surface area contributed by atoms with Crippen molar-refractivity contribution < 1.29 is 27.7 Å². The van der Waals surface area contributed by atoms with Crippen LogP contribution in [0.25, 0.3) is 16.7 Å². The predicted molar refractivity (Wildman–Crippen MR) is 149 cm³/mol. The Morgan fingerprint density at radius 1 is 1.18 bits per heavy atom. The van der Waals surface area contributed by atoms with Crippen LogP contribution in [0.1, 0.15) is 47.6 Å². The molecule has 0 radical (unpaired) electrons. The van der Waals surface area contributed by atoms with Crippen molar-refractivity contribution in [3.63, 3.8) is 0 Å². The summed E-state index contributed by atoms with van der Waals surface area (Å²) >= 11 is 0. The standard InChI is InChI=1S/C18H18N4O4S.C10H11NO2/c1-9-7-10(3-6-14(9)27(19)25)11-4-5-13-12(20-11)8-15(26-13)18(2)16(23)21-17(24)22-18;1-11-6-7-3-4-8(13-2)5-9(7)10(11)12/h3-6,8-9H,7,19H2,1-2H3,(H2,21,22,23,24);3-5H,6H2,1-2H3. The van der Waals surface area contributed by atoms with E-state index in [4.69, 9.17) is 14.3 Å². The van der Waals surface area contributed by atoms with Gasteiger partial charge in [0.05, 0.1) is 12.8 Å². The molecule has 0 bridgehead atoms. The number of fused-ring (bicyclic) bond motifs is 2. The van der Waals surface area contributed by atoms with E-state index in [-0.39, 0.29) is 11.8 Å². The maximum absolute atomic E-state index is 12.1. The van der Waals surface area contributed by atoms with Gasteiger partial charge in [-0.3, -0.25) is 14.9 Å². The number of furan rings is 1. The Morgan fingerprint density at radius 2 is 1.95 bits per heavy atom. The van der Waals surface area contributed by atoms with Gasteiger partial charge in [0, 0.05) is 30.1 Å². The average Bonchev–Trinajstić information content (AvgIpc) is 3.56. The number of benzene rings is 1. The molecule has 1 saturated heterocycles. The van der Waals surface area contributed by atoms with Crippen LogP contribution in [0.5, 0.6) is 5.75 Å². The van der Waals surface area contributed by atoms with Gasteiger partial charge in [-0.15, -0.1) is 0 Å². The van der Waals surface area contributed by atoms with Gasteiger partial charge >= 0.3 is 6.03 Å². The Bertz CT molecular complexity index is 1640. The first-order valence-electron chi connectivity index (χ1n) is 12.5. The molecule has 1 aromatic carbocycles. The van der Waals surface area contributed by atoms with Crippen molar-refractivity contribution in [2.24, 2.45) is 11.1 Å². The summed E-state index contributed by atoms with van der Waals surface area (Å²) in [5, 5.41) is 10.3. The number of rotatable bonds is 4. The first-order valence-corrected chi connectivity index (χ1v) is 13.8. The number of carbonyl (C=O) groups is 3. The number of nitrogens with one attached hydrogen (secondary N) is 2. The lowest BCUT2D eigenvalue weighted by Gasteiger charge is -2.19. The fourth-order valence-electron chi connectivity index (χ4n) is 4.92. The molecular weight excluding hydrogens is 534 g/mol. The second-order valence-corrected chi connectivity index (χ2v) is 11.1. The second-order valence-electron chi connectivity index (χ2n) is 10.1. The zero-order valence-electron chi connectivity index (χ0n) is 22.4. The zero-order chi connectivity index (χ0) is 28.8. The summed E-state index contributed by atoms with van der Waals surface area (Å²) in [4.78, 5) is 42.1. The normalized spacial score (nSPS) is 22.6. The van der Waals surface area contributed by atoms with Gasteiger partial charge in [-0.2, -0.15) is 0 Å². The summed E-state index contributed by atoms with van der Waals surface area (Å²) in [5.74, 6) is 0.723. The summed E-state index contributed by atoms with van der Waals surface area (Å²) in [6.45, 7) is 4.26. The van der Waals surface area contributed by atoms with Crippen molar-refractivity contribution in [2.45, 2.75) is 32.4 Å². The molecule has 2 aromatic heterocycles. The Kier molecular flexibility index (Phi) is 7.06. The molecular formula is C28H29N5O6S. The number of ether oxygens (including phenoxy) is 1. The molecule has 3 aliphatic rings. The first kappa shape index (κ1) is 27.3. The summed E-state index contributed by atoms with van der Waals surface area (Å²) in [6.07, 6.45) is 4.33. The van der Waals surface area contributed by atoms with Crippen LogP contribution in [-0.4, -0.2) is 46.1 Å². The Morgan fingerprint density at radius 3 is 2.60 bits per heavy atom. The molecule has 3 atom stereocenters. The summed E-state index contributed by atoms with van der Waals surface area (Å²) in [5.41, 5.74) is 3.45. The number of aromatic nitrogens is 1. The number of carbonyl (C=O) groups excluding carboxylic acids is 3. The number of imide groups is 1. The third-order valence-corrected chi connectivity index (χ3v) is 8.24. The van der Waals surface area contributed by atoms with Crippen LogP contribution in [0.2, 0.25) is 0 Å². The van der Waals surface area contributed by atoms with E-state index >= 15 is 0 Å². The number of urea groups is 1. The number of methoxy groups -OCH3 is 1. The average molecular weight is 564 g/mol. The van der Waals surface area contributed by atoms with Gasteiger partial charge in [-0.25, -0.2) is 19.1 Å². The molecule has 208 valence electrons. The van der Waals surface area contributed by atoms with Crippen LogP contribution in [0.4, 0.5) is 4.79 Å².